The quantitative estimate of drug-likeness (QED) is 0.710. The van der Waals surface area contributed by atoms with E-state index in [0.29, 0.717) is 0 Å². The van der Waals surface area contributed by atoms with E-state index in [1.54, 1.807) is 0 Å². The van der Waals surface area contributed by atoms with Crippen LogP contribution in [0.1, 0.15) is 0 Å². The van der Waals surface area contributed by atoms with Gasteiger partial charge in [-0.1, -0.05) is 0 Å². The molecule has 3 heteroatoms. The van der Waals surface area contributed by atoms with Gasteiger partial charge in [0.05, 0.1) is 0 Å². The van der Waals surface area contributed by atoms with Gasteiger partial charge in [-0.05, 0) is 0 Å². The van der Waals surface area contributed by atoms with E-state index in [-0.39, 0.29) is 0 Å². The Morgan fingerprint density at radius 1 is 1.22 bits per heavy atom. The Morgan fingerprint density at radius 3 is 2.22 bits per heavy atom. The summed E-state index contributed by atoms with van der Waals surface area (Å²) in [6, 6.07) is 7.58. The second-order valence-electron chi connectivity index (χ2n) is 1.57. The standard InChI is InChI=1S/C6H4Br.O.Sb/c7-6-4-2-1-3-5-6;;/h2-5H;;. The van der Waals surface area contributed by atoms with Gasteiger partial charge in [0.15, 0.2) is 0 Å². The van der Waals surface area contributed by atoms with Crippen LogP contribution in [0.4, 0.5) is 0 Å². The van der Waals surface area contributed by atoms with Crippen molar-refractivity contribution in [2.24, 2.45) is 0 Å². The summed E-state index contributed by atoms with van der Waals surface area (Å²) < 4.78 is 12.4. The van der Waals surface area contributed by atoms with Crippen LogP contribution in [-0.2, 0) is 3.02 Å². The Bertz CT molecular complexity index is 207. The fourth-order valence-corrected chi connectivity index (χ4v) is 1.54. The van der Waals surface area contributed by atoms with Crippen molar-refractivity contribution in [2.45, 2.75) is 0 Å². The van der Waals surface area contributed by atoms with Gasteiger partial charge in [-0.3, -0.25) is 0 Å². The average Bonchev–Trinajstić information content (AvgIpc) is 1.90. The van der Waals surface area contributed by atoms with Crippen molar-refractivity contribution < 1.29 is 3.02 Å². The minimum absolute atomic E-state index is 0.982. The van der Waals surface area contributed by atoms with Crippen LogP contribution >= 0.6 is 15.9 Å². The topological polar surface area (TPSA) is 17.1 Å². The first-order valence-corrected chi connectivity index (χ1v) is 5.53. The zero-order valence-corrected chi connectivity index (χ0v) is 8.68. The minimum atomic E-state index is -1.28. The molecule has 0 aliphatic rings. The first kappa shape index (κ1) is 7.43. The van der Waals surface area contributed by atoms with E-state index in [4.69, 9.17) is 0 Å². The van der Waals surface area contributed by atoms with E-state index in [0.717, 1.165) is 7.98 Å². The molecule has 0 amide bonds. The molecule has 0 N–H and O–H groups in total. The SMILES string of the molecule is [O]=[Sb][c]1ccc(Br)cc1. The molecule has 0 saturated heterocycles. The summed E-state index contributed by atoms with van der Waals surface area (Å²) in [6.45, 7) is 0. The van der Waals surface area contributed by atoms with Crippen LogP contribution in [0.5, 0.6) is 0 Å². The zero-order valence-electron chi connectivity index (χ0n) is 4.54. The first-order chi connectivity index (χ1) is 4.33. The second-order valence-corrected chi connectivity index (χ2v) is 4.48. The van der Waals surface area contributed by atoms with Crippen molar-refractivity contribution in [1.82, 2.24) is 0 Å². The number of rotatable bonds is 1. The summed E-state index contributed by atoms with van der Waals surface area (Å²) in [4.78, 5) is 0. The van der Waals surface area contributed by atoms with E-state index in [1.807, 2.05) is 24.3 Å². The normalized spacial score (nSPS) is 9.00. The van der Waals surface area contributed by atoms with Crippen LogP contribution in [0.2, 0.25) is 0 Å². The second kappa shape index (κ2) is 3.48. The number of benzene rings is 1. The van der Waals surface area contributed by atoms with Gasteiger partial charge in [0.1, 0.15) is 0 Å². The van der Waals surface area contributed by atoms with Crippen molar-refractivity contribution in [2.75, 3.05) is 0 Å². The molecule has 1 aromatic carbocycles. The van der Waals surface area contributed by atoms with Gasteiger partial charge < -0.3 is 0 Å². The molecule has 46 valence electrons. The molecule has 0 spiro atoms. The maximum atomic E-state index is 10.4. The average molecular weight is 294 g/mol. The third kappa shape index (κ3) is 2.19. The van der Waals surface area contributed by atoms with Crippen molar-refractivity contribution in [3.63, 3.8) is 0 Å². The van der Waals surface area contributed by atoms with Gasteiger partial charge >= 0.3 is 72.8 Å². The maximum absolute atomic E-state index is 10.4. The zero-order chi connectivity index (χ0) is 6.69. The molecule has 0 radical (unpaired) electrons. The summed E-state index contributed by atoms with van der Waals surface area (Å²) in [5.41, 5.74) is 0. The molecule has 1 rings (SSSR count). The molecule has 0 aliphatic heterocycles. The van der Waals surface area contributed by atoms with Gasteiger partial charge in [0.25, 0.3) is 0 Å². The van der Waals surface area contributed by atoms with Crippen LogP contribution in [0.15, 0.2) is 28.7 Å². The first-order valence-electron chi connectivity index (χ1n) is 2.42. The fourth-order valence-electron chi connectivity index (χ4n) is 0.502. The molecule has 0 fully saturated rings. The van der Waals surface area contributed by atoms with E-state index >= 15 is 0 Å². The van der Waals surface area contributed by atoms with Crippen molar-refractivity contribution in [1.29, 1.82) is 0 Å². The van der Waals surface area contributed by atoms with Gasteiger partial charge in [-0.25, -0.2) is 0 Å². The van der Waals surface area contributed by atoms with Gasteiger partial charge in [-0.15, -0.1) is 0 Å². The van der Waals surface area contributed by atoms with Crippen molar-refractivity contribution in [3.8, 4) is 0 Å². The molecule has 0 saturated carbocycles. The summed E-state index contributed by atoms with van der Waals surface area (Å²) >= 11 is 2.01. The Balaban J connectivity index is 3.01. The number of hydrogen-bond donors (Lipinski definition) is 0. The summed E-state index contributed by atoms with van der Waals surface area (Å²) in [5, 5.41) is 0. The Kier molecular flexibility index (Phi) is 2.87. The molecule has 0 bridgehead atoms. The van der Waals surface area contributed by atoms with Gasteiger partial charge in [0.2, 0.25) is 0 Å². The molecule has 9 heavy (non-hydrogen) atoms. The molecule has 1 aromatic rings. The van der Waals surface area contributed by atoms with Crippen LogP contribution in [0, 0.1) is 0 Å². The third-order valence-electron chi connectivity index (χ3n) is 0.932. The summed E-state index contributed by atoms with van der Waals surface area (Å²) in [5.74, 6) is 0. The molecule has 0 heterocycles. The molecular weight excluding hydrogens is 290 g/mol. The molecular formula is C6H4BrOSb. The van der Waals surface area contributed by atoms with Crippen LogP contribution in [0.3, 0.4) is 0 Å². The van der Waals surface area contributed by atoms with Crippen molar-refractivity contribution in [3.05, 3.63) is 28.7 Å². The summed E-state index contributed by atoms with van der Waals surface area (Å²) in [7, 11) is 0. The Labute approximate surface area is 72.5 Å². The molecule has 0 aromatic heterocycles. The van der Waals surface area contributed by atoms with E-state index in [9.17, 15) is 3.02 Å². The van der Waals surface area contributed by atoms with Crippen molar-refractivity contribution >= 4 is 41.0 Å². The number of hydrogen-bond acceptors (Lipinski definition) is 1. The van der Waals surface area contributed by atoms with E-state index in [1.165, 1.54) is 0 Å². The van der Waals surface area contributed by atoms with Crippen LogP contribution < -0.4 is 3.51 Å². The molecule has 0 unspecified atom stereocenters. The van der Waals surface area contributed by atoms with Gasteiger partial charge in [0, 0.05) is 0 Å². The third-order valence-corrected chi connectivity index (χ3v) is 2.91. The summed E-state index contributed by atoms with van der Waals surface area (Å²) in [6.07, 6.45) is 0. The van der Waals surface area contributed by atoms with E-state index < -0.39 is 21.6 Å². The molecule has 0 aliphatic carbocycles. The van der Waals surface area contributed by atoms with E-state index in [2.05, 4.69) is 15.9 Å². The number of halogens is 1. The predicted molar refractivity (Wildman–Crippen MR) is 40.2 cm³/mol. The molecule has 1 nitrogen and oxygen atoms in total. The monoisotopic (exact) mass is 292 g/mol. The molecule has 0 atom stereocenters. The Morgan fingerprint density at radius 2 is 1.78 bits per heavy atom. The fraction of sp³-hybridized carbons (Fsp3) is 0. The Hall–Kier alpha value is 0.318. The van der Waals surface area contributed by atoms with Gasteiger partial charge in [-0.2, -0.15) is 0 Å². The predicted octanol–water partition coefficient (Wildman–Crippen LogP) is 1.12. The van der Waals surface area contributed by atoms with Crippen LogP contribution in [0.25, 0.3) is 0 Å². The van der Waals surface area contributed by atoms with Crippen LogP contribution in [-0.4, -0.2) is 21.6 Å².